The van der Waals surface area contributed by atoms with E-state index in [1.165, 1.54) is 7.11 Å². The van der Waals surface area contributed by atoms with Crippen LogP contribution in [-0.2, 0) is 4.74 Å². The van der Waals surface area contributed by atoms with Crippen molar-refractivity contribution in [3.8, 4) is 0 Å². The van der Waals surface area contributed by atoms with E-state index >= 15 is 0 Å². The largest absolute Gasteiger partial charge is 0.465 e. The average Bonchev–Trinajstić information content (AvgIpc) is 2.16. The summed E-state index contributed by atoms with van der Waals surface area (Å²) >= 11 is 3.37. The first-order valence-electron chi connectivity index (χ1n) is 4.69. The monoisotopic (exact) mass is 271 g/mol. The van der Waals surface area contributed by atoms with Crippen LogP contribution in [0.4, 0.5) is 5.69 Å². The highest BCUT2D eigenvalue weighted by Gasteiger charge is 2.12. The molecule has 0 saturated carbocycles. The zero-order valence-electron chi connectivity index (χ0n) is 9.00. The summed E-state index contributed by atoms with van der Waals surface area (Å²) in [6, 6.07) is 5.69. The minimum absolute atomic E-state index is 0.266. The van der Waals surface area contributed by atoms with Gasteiger partial charge in [0.15, 0.2) is 0 Å². The summed E-state index contributed by atoms with van der Waals surface area (Å²) in [5, 5.41) is 3.20. The van der Waals surface area contributed by atoms with Crippen LogP contribution in [0.25, 0.3) is 0 Å². The van der Waals surface area contributed by atoms with Crippen molar-refractivity contribution in [1.82, 2.24) is 0 Å². The van der Waals surface area contributed by atoms with E-state index in [1.807, 2.05) is 26.0 Å². The van der Waals surface area contributed by atoms with E-state index in [2.05, 4.69) is 21.2 Å². The van der Waals surface area contributed by atoms with Crippen molar-refractivity contribution in [3.63, 3.8) is 0 Å². The third-order valence-corrected chi connectivity index (χ3v) is 2.32. The molecule has 0 aliphatic rings. The minimum atomic E-state index is -0.328. The number of ether oxygens (including phenoxy) is 1. The summed E-state index contributed by atoms with van der Waals surface area (Å²) in [5.74, 6) is -0.328. The number of halogens is 1. The Morgan fingerprint density at radius 1 is 1.47 bits per heavy atom. The highest BCUT2D eigenvalue weighted by Crippen LogP contribution is 2.22. The number of carbonyl (C=O) groups excluding carboxylic acids is 1. The number of esters is 1. The highest BCUT2D eigenvalue weighted by molar-refractivity contribution is 9.10. The molecule has 0 unspecified atom stereocenters. The fourth-order valence-electron chi connectivity index (χ4n) is 1.23. The van der Waals surface area contributed by atoms with E-state index in [1.54, 1.807) is 6.07 Å². The molecule has 0 heterocycles. The number of hydrogen-bond acceptors (Lipinski definition) is 3. The van der Waals surface area contributed by atoms with Crippen LogP contribution in [0.1, 0.15) is 24.2 Å². The van der Waals surface area contributed by atoms with Gasteiger partial charge in [0.1, 0.15) is 0 Å². The normalized spacial score (nSPS) is 10.2. The molecule has 0 aliphatic heterocycles. The van der Waals surface area contributed by atoms with Crippen molar-refractivity contribution in [1.29, 1.82) is 0 Å². The molecule has 4 heteroatoms. The molecule has 0 aliphatic carbocycles. The number of benzene rings is 1. The molecule has 0 fully saturated rings. The van der Waals surface area contributed by atoms with Crippen LogP contribution < -0.4 is 5.32 Å². The van der Waals surface area contributed by atoms with Crippen LogP contribution in [0.5, 0.6) is 0 Å². The minimum Gasteiger partial charge on any atom is -0.465 e. The van der Waals surface area contributed by atoms with Gasteiger partial charge >= 0.3 is 5.97 Å². The number of rotatable bonds is 3. The maximum Gasteiger partial charge on any atom is 0.339 e. The Balaban J connectivity index is 3.08. The summed E-state index contributed by atoms with van der Waals surface area (Å²) in [6.07, 6.45) is 0. The standard InChI is InChI=1S/C11H14BrNO2/c1-7(2)13-10-6-8(12)4-5-9(10)11(14)15-3/h4-7,13H,1-3H3. The summed E-state index contributed by atoms with van der Waals surface area (Å²) in [5.41, 5.74) is 1.33. The topological polar surface area (TPSA) is 38.3 Å². The number of methoxy groups -OCH3 is 1. The summed E-state index contributed by atoms with van der Waals surface area (Å²) in [4.78, 5) is 11.4. The van der Waals surface area contributed by atoms with E-state index in [0.717, 1.165) is 10.2 Å². The smallest absolute Gasteiger partial charge is 0.339 e. The van der Waals surface area contributed by atoms with E-state index in [4.69, 9.17) is 4.74 Å². The quantitative estimate of drug-likeness (QED) is 0.859. The Morgan fingerprint density at radius 3 is 2.67 bits per heavy atom. The molecule has 0 atom stereocenters. The summed E-state index contributed by atoms with van der Waals surface area (Å²) < 4.78 is 5.63. The van der Waals surface area contributed by atoms with Crippen LogP contribution in [0, 0.1) is 0 Å². The SMILES string of the molecule is COC(=O)c1ccc(Br)cc1NC(C)C. The molecule has 0 aromatic heterocycles. The lowest BCUT2D eigenvalue weighted by molar-refractivity contribution is 0.0602. The number of hydrogen-bond donors (Lipinski definition) is 1. The predicted molar refractivity (Wildman–Crippen MR) is 64.2 cm³/mol. The van der Waals surface area contributed by atoms with Crippen LogP contribution in [-0.4, -0.2) is 19.1 Å². The van der Waals surface area contributed by atoms with E-state index in [0.29, 0.717) is 5.56 Å². The molecule has 0 spiro atoms. The lowest BCUT2D eigenvalue weighted by Crippen LogP contribution is -2.14. The first-order valence-corrected chi connectivity index (χ1v) is 5.48. The third-order valence-electron chi connectivity index (χ3n) is 1.83. The van der Waals surface area contributed by atoms with Crippen LogP contribution >= 0.6 is 15.9 Å². The Bertz CT molecular complexity index is 364. The van der Waals surface area contributed by atoms with E-state index in [-0.39, 0.29) is 12.0 Å². The fraction of sp³-hybridized carbons (Fsp3) is 0.364. The first-order chi connectivity index (χ1) is 7.04. The molecule has 1 aromatic rings. The summed E-state index contributed by atoms with van der Waals surface area (Å²) in [7, 11) is 1.38. The van der Waals surface area contributed by atoms with Gasteiger partial charge in [0.25, 0.3) is 0 Å². The van der Waals surface area contributed by atoms with Crippen molar-refractivity contribution < 1.29 is 9.53 Å². The molecule has 3 nitrogen and oxygen atoms in total. The Morgan fingerprint density at radius 2 is 2.13 bits per heavy atom. The summed E-state index contributed by atoms with van der Waals surface area (Å²) in [6.45, 7) is 4.03. The lowest BCUT2D eigenvalue weighted by atomic mass is 10.1. The van der Waals surface area contributed by atoms with Gasteiger partial charge in [-0.15, -0.1) is 0 Å². The lowest BCUT2D eigenvalue weighted by Gasteiger charge is -2.13. The van der Waals surface area contributed by atoms with Crippen molar-refractivity contribution in [2.45, 2.75) is 19.9 Å². The van der Waals surface area contributed by atoms with Gasteiger partial charge in [-0.25, -0.2) is 4.79 Å². The van der Waals surface area contributed by atoms with Crippen LogP contribution in [0.15, 0.2) is 22.7 Å². The molecule has 0 amide bonds. The zero-order chi connectivity index (χ0) is 11.4. The predicted octanol–water partition coefficient (Wildman–Crippen LogP) is 3.06. The van der Waals surface area contributed by atoms with Gasteiger partial charge < -0.3 is 10.1 Å². The number of nitrogens with one attached hydrogen (secondary N) is 1. The molecule has 0 radical (unpaired) electrons. The maximum atomic E-state index is 11.4. The van der Waals surface area contributed by atoms with Gasteiger partial charge in [0.05, 0.1) is 18.4 Å². The average molecular weight is 272 g/mol. The molecule has 1 N–H and O–H groups in total. The maximum absolute atomic E-state index is 11.4. The highest BCUT2D eigenvalue weighted by atomic mass is 79.9. The Kier molecular flexibility index (Phi) is 4.15. The van der Waals surface area contributed by atoms with Crippen molar-refractivity contribution in [3.05, 3.63) is 28.2 Å². The molecule has 1 aromatic carbocycles. The second kappa shape index (κ2) is 5.16. The molecule has 0 bridgehead atoms. The second-order valence-corrected chi connectivity index (χ2v) is 4.40. The first kappa shape index (κ1) is 12.0. The third kappa shape index (κ3) is 3.23. The molecule has 0 saturated heterocycles. The second-order valence-electron chi connectivity index (χ2n) is 3.48. The molecule has 82 valence electrons. The zero-order valence-corrected chi connectivity index (χ0v) is 10.6. The van der Waals surface area contributed by atoms with Crippen molar-refractivity contribution >= 4 is 27.6 Å². The van der Waals surface area contributed by atoms with Gasteiger partial charge in [0, 0.05) is 10.5 Å². The molecule has 15 heavy (non-hydrogen) atoms. The van der Waals surface area contributed by atoms with Gasteiger partial charge in [-0.3, -0.25) is 0 Å². The number of carbonyl (C=O) groups is 1. The van der Waals surface area contributed by atoms with Gasteiger partial charge in [-0.2, -0.15) is 0 Å². The molecular weight excluding hydrogens is 258 g/mol. The van der Waals surface area contributed by atoms with Crippen LogP contribution in [0.3, 0.4) is 0 Å². The molecular formula is C11H14BrNO2. The van der Waals surface area contributed by atoms with Crippen LogP contribution in [0.2, 0.25) is 0 Å². The van der Waals surface area contributed by atoms with Gasteiger partial charge in [-0.1, -0.05) is 15.9 Å². The van der Waals surface area contributed by atoms with Gasteiger partial charge in [0.2, 0.25) is 0 Å². The Labute approximate surface area is 97.9 Å². The van der Waals surface area contributed by atoms with Crippen molar-refractivity contribution in [2.75, 3.05) is 12.4 Å². The van der Waals surface area contributed by atoms with Gasteiger partial charge in [-0.05, 0) is 32.0 Å². The van der Waals surface area contributed by atoms with E-state index in [9.17, 15) is 4.79 Å². The Hall–Kier alpha value is -1.03. The fourth-order valence-corrected chi connectivity index (χ4v) is 1.60. The number of anilines is 1. The van der Waals surface area contributed by atoms with E-state index < -0.39 is 0 Å². The molecule has 1 rings (SSSR count). The van der Waals surface area contributed by atoms with Crippen molar-refractivity contribution in [2.24, 2.45) is 0 Å².